The zero-order chi connectivity index (χ0) is 15.2. The van der Waals surface area contributed by atoms with E-state index in [1.54, 1.807) is 4.68 Å². The van der Waals surface area contributed by atoms with Crippen molar-refractivity contribution in [2.24, 2.45) is 0 Å². The third kappa shape index (κ3) is 4.21. The van der Waals surface area contributed by atoms with Gasteiger partial charge in [0.15, 0.2) is 0 Å². The lowest BCUT2D eigenvalue weighted by Crippen LogP contribution is -2.25. The van der Waals surface area contributed by atoms with Crippen molar-refractivity contribution in [1.29, 1.82) is 0 Å². The van der Waals surface area contributed by atoms with E-state index in [-0.39, 0.29) is 16.8 Å². The predicted octanol–water partition coefficient (Wildman–Crippen LogP) is 2.29. The number of anilines is 1. The first kappa shape index (κ1) is 17.0. The highest BCUT2D eigenvalue weighted by Gasteiger charge is 2.22. The molecule has 0 aliphatic carbocycles. The molecule has 0 aliphatic heterocycles. The molecular weight excluding hydrogens is 276 g/mol. The van der Waals surface area contributed by atoms with Crippen molar-refractivity contribution in [3.8, 4) is 0 Å². The van der Waals surface area contributed by atoms with Crippen LogP contribution in [0.4, 0.5) is 5.82 Å². The zero-order valence-corrected chi connectivity index (χ0v) is 13.4. The summed E-state index contributed by atoms with van der Waals surface area (Å²) in [7, 11) is -3.56. The number of hydrogen-bond donors (Lipinski definition) is 2. The van der Waals surface area contributed by atoms with E-state index in [1.807, 2.05) is 13.8 Å². The van der Waals surface area contributed by atoms with Crippen molar-refractivity contribution in [3.05, 3.63) is 6.20 Å². The molecule has 1 aromatic rings. The number of unbranched alkanes of at least 4 members (excludes halogenated alkanes) is 3. The monoisotopic (exact) mass is 302 g/mol. The van der Waals surface area contributed by atoms with Gasteiger partial charge in [-0.15, -0.1) is 0 Å². The van der Waals surface area contributed by atoms with Crippen LogP contribution in [0, 0.1) is 0 Å². The Bertz CT molecular complexity index is 510. The highest BCUT2D eigenvalue weighted by atomic mass is 32.2. The maximum atomic E-state index is 12.2. The van der Waals surface area contributed by atoms with E-state index in [1.165, 1.54) is 6.20 Å². The number of hydrogen-bond acceptors (Lipinski definition) is 4. The van der Waals surface area contributed by atoms with E-state index in [0.717, 1.165) is 32.1 Å². The first-order chi connectivity index (χ1) is 9.44. The molecular formula is C13H26N4O2S. The summed E-state index contributed by atoms with van der Waals surface area (Å²) >= 11 is 0. The third-order valence-electron chi connectivity index (χ3n) is 3.42. The Hall–Kier alpha value is -1.08. The number of nitrogens with one attached hydrogen (secondary N) is 1. The number of nitrogens with two attached hydrogens (primary N) is 1. The Morgan fingerprint density at radius 3 is 2.65 bits per heavy atom. The van der Waals surface area contributed by atoms with E-state index in [4.69, 9.17) is 5.73 Å². The summed E-state index contributed by atoms with van der Waals surface area (Å²) in [4.78, 5) is 0.0771. The highest BCUT2D eigenvalue weighted by Crippen LogP contribution is 2.22. The van der Waals surface area contributed by atoms with Crippen LogP contribution in [0.15, 0.2) is 11.1 Å². The van der Waals surface area contributed by atoms with Crippen molar-refractivity contribution in [2.75, 3.05) is 12.3 Å². The lowest BCUT2D eigenvalue weighted by atomic mass is 10.2. The summed E-state index contributed by atoms with van der Waals surface area (Å²) < 4.78 is 28.5. The molecule has 0 saturated carbocycles. The van der Waals surface area contributed by atoms with Gasteiger partial charge >= 0.3 is 0 Å². The van der Waals surface area contributed by atoms with Crippen LogP contribution in [0.1, 0.15) is 58.9 Å². The number of nitrogen functional groups attached to an aromatic ring is 1. The van der Waals surface area contributed by atoms with Crippen molar-refractivity contribution in [3.63, 3.8) is 0 Å². The number of aromatic nitrogens is 2. The molecule has 1 aromatic heterocycles. The molecule has 116 valence electrons. The number of sulfonamides is 1. The van der Waals surface area contributed by atoms with Gasteiger partial charge in [-0.1, -0.05) is 33.1 Å². The van der Waals surface area contributed by atoms with Crippen LogP contribution in [0.5, 0.6) is 0 Å². The Morgan fingerprint density at radius 2 is 2.05 bits per heavy atom. The summed E-state index contributed by atoms with van der Waals surface area (Å²) in [5, 5.41) is 4.08. The van der Waals surface area contributed by atoms with Crippen LogP contribution in [0.3, 0.4) is 0 Å². The van der Waals surface area contributed by atoms with Gasteiger partial charge in [0, 0.05) is 6.54 Å². The molecule has 0 spiro atoms. The van der Waals surface area contributed by atoms with E-state index in [9.17, 15) is 8.42 Å². The van der Waals surface area contributed by atoms with E-state index >= 15 is 0 Å². The second-order valence-corrected chi connectivity index (χ2v) is 6.79. The van der Waals surface area contributed by atoms with E-state index in [0.29, 0.717) is 6.54 Å². The van der Waals surface area contributed by atoms with Crippen LogP contribution in [0.25, 0.3) is 0 Å². The Kier molecular flexibility index (Phi) is 6.48. The average Bonchev–Trinajstić information content (AvgIpc) is 2.80. The molecule has 0 radical (unpaired) electrons. The fourth-order valence-corrected chi connectivity index (χ4v) is 3.05. The predicted molar refractivity (Wildman–Crippen MR) is 81.0 cm³/mol. The quantitative estimate of drug-likeness (QED) is 0.685. The van der Waals surface area contributed by atoms with Crippen LogP contribution in [-0.4, -0.2) is 24.7 Å². The lowest BCUT2D eigenvalue weighted by molar-refractivity contribution is 0.484. The summed E-state index contributed by atoms with van der Waals surface area (Å²) in [6.07, 6.45) is 6.29. The summed E-state index contributed by atoms with van der Waals surface area (Å²) in [6.45, 7) is 6.52. The minimum Gasteiger partial charge on any atom is -0.383 e. The van der Waals surface area contributed by atoms with Gasteiger partial charge < -0.3 is 5.73 Å². The molecule has 1 rings (SSSR count). The Labute approximate surface area is 121 Å². The molecule has 0 saturated heterocycles. The molecule has 20 heavy (non-hydrogen) atoms. The van der Waals surface area contributed by atoms with Crippen molar-refractivity contribution >= 4 is 15.8 Å². The Balaban J connectivity index is 2.71. The lowest BCUT2D eigenvalue weighted by Gasteiger charge is -2.11. The maximum Gasteiger partial charge on any atom is 0.245 e. The van der Waals surface area contributed by atoms with Gasteiger partial charge in [0.1, 0.15) is 10.7 Å². The second-order valence-electron chi connectivity index (χ2n) is 5.05. The van der Waals surface area contributed by atoms with Crippen LogP contribution in [-0.2, 0) is 10.0 Å². The van der Waals surface area contributed by atoms with Gasteiger partial charge in [-0.25, -0.2) is 17.8 Å². The number of rotatable bonds is 9. The second kappa shape index (κ2) is 7.64. The first-order valence-corrected chi connectivity index (χ1v) is 8.75. The SMILES string of the molecule is CCCCCCNS(=O)(=O)c1cnn(C(C)CC)c1N. The summed E-state index contributed by atoms with van der Waals surface area (Å²) in [5.74, 6) is 0.209. The molecule has 7 heteroatoms. The molecule has 1 unspecified atom stereocenters. The van der Waals surface area contributed by atoms with Gasteiger partial charge in [-0.2, -0.15) is 5.10 Å². The summed E-state index contributed by atoms with van der Waals surface area (Å²) in [6, 6.07) is 0.0866. The molecule has 1 heterocycles. The highest BCUT2D eigenvalue weighted by molar-refractivity contribution is 7.89. The fourth-order valence-electron chi connectivity index (χ4n) is 1.92. The summed E-state index contributed by atoms with van der Waals surface area (Å²) in [5.41, 5.74) is 5.90. The third-order valence-corrected chi connectivity index (χ3v) is 4.90. The molecule has 0 bridgehead atoms. The molecule has 6 nitrogen and oxygen atoms in total. The average molecular weight is 302 g/mol. The first-order valence-electron chi connectivity index (χ1n) is 7.26. The zero-order valence-electron chi connectivity index (χ0n) is 12.6. The minimum absolute atomic E-state index is 0.0771. The minimum atomic E-state index is -3.56. The molecule has 0 fully saturated rings. The topological polar surface area (TPSA) is 90.0 Å². The molecule has 1 atom stereocenters. The van der Waals surface area contributed by atoms with Crippen molar-refractivity contribution in [1.82, 2.24) is 14.5 Å². The molecule has 0 aromatic carbocycles. The van der Waals surface area contributed by atoms with Gasteiger partial charge in [0.25, 0.3) is 0 Å². The van der Waals surface area contributed by atoms with Gasteiger partial charge in [0.2, 0.25) is 10.0 Å². The Morgan fingerprint density at radius 1 is 1.35 bits per heavy atom. The molecule has 0 aliphatic rings. The standard InChI is InChI=1S/C13H26N4O2S/c1-4-6-7-8-9-16-20(18,19)12-10-15-17(13(12)14)11(3)5-2/h10-11,16H,4-9,14H2,1-3H3. The van der Waals surface area contributed by atoms with Gasteiger partial charge in [0.05, 0.1) is 12.2 Å². The van der Waals surface area contributed by atoms with Crippen molar-refractivity contribution < 1.29 is 8.42 Å². The molecule has 0 amide bonds. The number of nitrogens with zero attached hydrogens (tertiary/aromatic N) is 2. The van der Waals surface area contributed by atoms with Gasteiger partial charge in [-0.3, -0.25) is 0 Å². The van der Waals surface area contributed by atoms with Crippen LogP contribution < -0.4 is 10.5 Å². The smallest absolute Gasteiger partial charge is 0.245 e. The van der Waals surface area contributed by atoms with Crippen LogP contribution in [0.2, 0.25) is 0 Å². The van der Waals surface area contributed by atoms with Crippen LogP contribution >= 0.6 is 0 Å². The molecule has 3 N–H and O–H groups in total. The van der Waals surface area contributed by atoms with Crippen molar-refractivity contribution in [2.45, 2.75) is 63.8 Å². The van der Waals surface area contributed by atoms with E-state index < -0.39 is 10.0 Å². The maximum absolute atomic E-state index is 12.2. The largest absolute Gasteiger partial charge is 0.383 e. The normalized spacial score (nSPS) is 13.6. The fraction of sp³-hybridized carbons (Fsp3) is 0.769. The van der Waals surface area contributed by atoms with Gasteiger partial charge in [-0.05, 0) is 19.8 Å². The van der Waals surface area contributed by atoms with E-state index in [2.05, 4.69) is 16.7 Å².